The lowest BCUT2D eigenvalue weighted by atomic mass is 9.77. The smallest absolute Gasteiger partial charge is 0.127 e. The van der Waals surface area contributed by atoms with Crippen LogP contribution in [0.4, 0.5) is 5.69 Å². The Hall–Kier alpha value is -3.07. The third-order valence-corrected chi connectivity index (χ3v) is 5.36. The van der Waals surface area contributed by atoms with Crippen LogP contribution in [0.5, 0.6) is 11.5 Å². The molecule has 3 atom stereocenters. The van der Waals surface area contributed by atoms with Crippen LogP contribution in [0.15, 0.2) is 85.2 Å². The highest BCUT2D eigenvalue weighted by atomic mass is 16.5. The number of anilines is 1. The Morgan fingerprint density at radius 1 is 0.962 bits per heavy atom. The molecule has 3 heteroatoms. The van der Waals surface area contributed by atoms with E-state index in [4.69, 9.17) is 4.74 Å². The van der Waals surface area contributed by atoms with Crippen molar-refractivity contribution in [1.82, 2.24) is 4.98 Å². The van der Waals surface area contributed by atoms with Crippen LogP contribution in [0.3, 0.4) is 0 Å². The van der Waals surface area contributed by atoms with Crippen LogP contribution in [-0.4, -0.2) is 4.98 Å². The second kappa shape index (κ2) is 6.34. The molecular weight excluding hydrogens is 320 g/mol. The summed E-state index contributed by atoms with van der Waals surface area (Å²) >= 11 is 0. The second-order valence-corrected chi connectivity index (χ2v) is 6.93. The summed E-state index contributed by atoms with van der Waals surface area (Å²) in [6.07, 6.45) is 9.55. The molecule has 0 fully saturated rings. The summed E-state index contributed by atoms with van der Waals surface area (Å²) in [5, 5.41) is 3.74. The molecule has 0 radical (unpaired) electrons. The molecule has 1 N–H and O–H groups in total. The number of fused-ring (bicyclic) bond motifs is 3. The minimum absolute atomic E-state index is 0.289. The molecule has 1 aliphatic carbocycles. The summed E-state index contributed by atoms with van der Waals surface area (Å²) < 4.78 is 6.04. The van der Waals surface area contributed by atoms with E-state index < -0.39 is 0 Å². The molecule has 0 saturated heterocycles. The van der Waals surface area contributed by atoms with Gasteiger partial charge in [-0.2, -0.15) is 0 Å². The molecular formula is C23H20N2O. The van der Waals surface area contributed by atoms with Gasteiger partial charge in [0.05, 0.1) is 6.04 Å². The average molecular weight is 340 g/mol. The Morgan fingerprint density at radius 2 is 1.88 bits per heavy atom. The molecule has 3 aromatic rings. The SMILES string of the molecule is C1=CC2c3cc(Oc4ccccc4)ccc3NC(c3cccnc3)C2C1. The largest absolute Gasteiger partial charge is 0.457 e. The summed E-state index contributed by atoms with van der Waals surface area (Å²) in [5.41, 5.74) is 3.76. The van der Waals surface area contributed by atoms with Crippen molar-refractivity contribution >= 4 is 5.69 Å². The van der Waals surface area contributed by atoms with Crippen molar-refractivity contribution in [1.29, 1.82) is 0 Å². The van der Waals surface area contributed by atoms with E-state index >= 15 is 0 Å². The van der Waals surface area contributed by atoms with Crippen molar-refractivity contribution in [2.75, 3.05) is 5.32 Å². The molecule has 2 aliphatic rings. The first-order valence-electron chi connectivity index (χ1n) is 9.08. The summed E-state index contributed by atoms with van der Waals surface area (Å²) in [6.45, 7) is 0. The third kappa shape index (κ3) is 2.66. The van der Waals surface area contributed by atoms with Gasteiger partial charge < -0.3 is 10.1 Å². The fourth-order valence-corrected chi connectivity index (χ4v) is 4.15. The van der Waals surface area contributed by atoms with Crippen molar-refractivity contribution in [3.05, 3.63) is 96.3 Å². The lowest BCUT2D eigenvalue weighted by Gasteiger charge is -2.37. The molecule has 128 valence electrons. The van der Waals surface area contributed by atoms with Gasteiger partial charge in [0.2, 0.25) is 0 Å². The van der Waals surface area contributed by atoms with E-state index in [1.165, 1.54) is 16.8 Å². The highest BCUT2D eigenvalue weighted by Gasteiger charge is 2.38. The van der Waals surface area contributed by atoms with Gasteiger partial charge in [-0.1, -0.05) is 36.4 Å². The number of nitrogens with one attached hydrogen (secondary N) is 1. The number of hydrogen-bond donors (Lipinski definition) is 1. The van der Waals surface area contributed by atoms with Gasteiger partial charge in [-0.3, -0.25) is 4.98 Å². The van der Waals surface area contributed by atoms with E-state index in [2.05, 4.69) is 40.7 Å². The summed E-state index contributed by atoms with van der Waals surface area (Å²) in [5.74, 6) is 2.67. The van der Waals surface area contributed by atoms with E-state index in [1.54, 1.807) is 0 Å². The molecule has 0 amide bonds. The second-order valence-electron chi connectivity index (χ2n) is 6.93. The van der Waals surface area contributed by atoms with Crippen LogP contribution < -0.4 is 10.1 Å². The Labute approximate surface area is 153 Å². The molecule has 1 aliphatic heterocycles. The summed E-state index contributed by atoms with van der Waals surface area (Å²) in [7, 11) is 0. The number of pyridine rings is 1. The molecule has 2 aromatic carbocycles. The van der Waals surface area contributed by atoms with Gasteiger partial charge in [-0.25, -0.2) is 0 Å². The topological polar surface area (TPSA) is 34.1 Å². The van der Waals surface area contributed by atoms with Crippen LogP contribution in [0.1, 0.15) is 29.5 Å². The highest BCUT2D eigenvalue weighted by molar-refractivity contribution is 5.62. The van der Waals surface area contributed by atoms with Crippen LogP contribution >= 0.6 is 0 Å². The van der Waals surface area contributed by atoms with Gasteiger partial charge >= 0.3 is 0 Å². The van der Waals surface area contributed by atoms with Crippen LogP contribution in [0.25, 0.3) is 0 Å². The molecule has 0 saturated carbocycles. The van der Waals surface area contributed by atoms with Crippen molar-refractivity contribution in [2.24, 2.45) is 5.92 Å². The van der Waals surface area contributed by atoms with Crippen molar-refractivity contribution in [3.8, 4) is 11.5 Å². The van der Waals surface area contributed by atoms with E-state index in [1.807, 2.05) is 54.9 Å². The fourth-order valence-electron chi connectivity index (χ4n) is 4.15. The van der Waals surface area contributed by atoms with E-state index in [0.29, 0.717) is 11.8 Å². The van der Waals surface area contributed by atoms with Gasteiger partial charge in [0.1, 0.15) is 11.5 Å². The molecule has 3 nitrogen and oxygen atoms in total. The molecule has 3 unspecified atom stereocenters. The van der Waals surface area contributed by atoms with E-state index in [9.17, 15) is 0 Å². The summed E-state index contributed by atoms with van der Waals surface area (Å²) in [4.78, 5) is 4.31. The van der Waals surface area contributed by atoms with Crippen molar-refractivity contribution < 1.29 is 4.74 Å². The number of aromatic nitrogens is 1. The Bertz CT molecular complexity index is 937. The Morgan fingerprint density at radius 3 is 2.73 bits per heavy atom. The van der Waals surface area contributed by atoms with Crippen LogP contribution in [0.2, 0.25) is 0 Å². The van der Waals surface area contributed by atoms with Crippen LogP contribution in [0, 0.1) is 5.92 Å². The number of para-hydroxylation sites is 1. The summed E-state index contributed by atoms with van der Waals surface area (Å²) in [6, 6.07) is 20.8. The van der Waals surface area contributed by atoms with Crippen molar-refractivity contribution in [2.45, 2.75) is 18.4 Å². The number of nitrogens with zero attached hydrogens (tertiary/aromatic N) is 1. The van der Waals surface area contributed by atoms with E-state index in [0.717, 1.165) is 17.9 Å². The molecule has 1 aromatic heterocycles. The molecule has 26 heavy (non-hydrogen) atoms. The van der Waals surface area contributed by atoms with Gasteiger partial charge in [-0.05, 0) is 59.9 Å². The van der Waals surface area contributed by atoms with Gasteiger partial charge in [-0.15, -0.1) is 0 Å². The number of ether oxygens (including phenoxy) is 1. The zero-order chi connectivity index (χ0) is 17.3. The Kier molecular flexibility index (Phi) is 3.71. The van der Waals surface area contributed by atoms with Gasteiger partial charge in [0.25, 0.3) is 0 Å². The van der Waals surface area contributed by atoms with Crippen molar-refractivity contribution in [3.63, 3.8) is 0 Å². The molecule has 5 rings (SSSR count). The first kappa shape index (κ1) is 15.2. The predicted octanol–water partition coefficient (Wildman–Crippen LogP) is 5.70. The number of allylic oxidation sites excluding steroid dienone is 2. The zero-order valence-corrected chi connectivity index (χ0v) is 14.4. The lowest BCUT2D eigenvalue weighted by Crippen LogP contribution is -2.29. The standard InChI is InChI=1S/C23H20N2O/c1-2-7-17(8-3-1)26-18-11-12-22-21(14-18)19-9-4-10-20(19)23(25-22)16-6-5-13-24-15-16/h1-9,11-15,19-20,23,25H,10H2. The number of hydrogen-bond acceptors (Lipinski definition) is 3. The van der Waals surface area contributed by atoms with Gasteiger partial charge in [0, 0.05) is 24.0 Å². The minimum atomic E-state index is 0.289. The maximum Gasteiger partial charge on any atom is 0.127 e. The first-order chi connectivity index (χ1) is 12.9. The highest BCUT2D eigenvalue weighted by Crippen LogP contribution is 2.50. The maximum absolute atomic E-state index is 6.04. The molecule has 0 spiro atoms. The first-order valence-corrected chi connectivity index (χ1v) is 9.08. The normalized spacial score (nSPS) is 23.0. The zero-order valence-electron chi connectivity index (χ0n) is 14.4. The fraction of sp³-hybridized carbons (Fsp3) is 0.174. The Balaban J connectivity index is 1.49. The molecule has 2 heterocycles. The molecule has 0 bridgehead atoms. The predicted molar refractivity (Wildman–Crippen MR) is 104 cm³/mol. The van der Waals surface area contributed by atoms with Crippen LogP contribution in [-0.2, 0) is 0 Å². The monoisotopic (exact) mass is 340 g/mol. The quantitative estimate of drug-likeness (QED) is 0.621. The minimum Gasteiger partial charge on any atom is -0.457 e. The maximum atomic E-state index is 6.04. The number of rotatable bonds is 3. The van der Waals surface area contributed by atoms with E-state index in [-0.39, 0.29) is 6.04 Å². The van der Waals surface area contributed by atoms with Gasteiger partial charge in [0.15, 0.2) is 0 Å². The average Bonchev–Trinajstić information content (AvgIpc) is 3.19. The lowest BCUT2D eigenvalue weighted by molar-refractivity contribution is 0.422. The third-order valence-electron chi connectivity index (χ3n) is 5.36. The number of benzene rings is 2.